The molecule has 2 rings (SSSR count). The number of benzene rings is 2. The van der Waals surface area contributed by atoms with Gasteiger partial charge in [-0.05, 0) is 26.7 Å². The number of halogens is 4. The average Bonchev–Trinajstić information content (AvgIpc) is 2.85. The topological polar surface area (TPSA) is 98.8 Å². The van der Waals surface area contributed by atoms with Crippen LogP contribution in [0.2, 0.25) is 0 Å². The van der Waals surface area contributed by atoms with Crippen LogP contribution in [0.25, 0.3) is 0 Å². The SMILES string of the molecule is CC(C)[C@@H](C(=O)N[C@@H](CC(=O)OC(C)(C)C)C(=O)COc1c(F)c(F)cc(F)c1F)C(C)C(=O)c1ccccc1. The highest BCUT2D eigenvalue weighted by molar-refractivity contribution is 6.01. The summed E-state index contributed by atoms with van der Waals surface area (Å²) in [6, 6.07) is 6.67. The smallest absolute Gasteiger partial charge is 0.308 e. The minimum atomic E-state index is -1.85. The number of carbonyl (C=O) groups is 4. The molecular weight excluding hydrogens is 534 g/mol. The third-order valence-corrected chi connectivity index (χ3v) is 5.96. The number of hydrogen-bond acceptors (Lipinski definition) is 6. The fourth-order valence-electron chi connectivity index (χ4n) is 4.12. The highest BCUT2D eigenvalue weighted by atomic mass is 19.2. The van der Waals surface area contributed by atoms with E-state index in [-0.39, 0.29) is 17.8 Å². The van der Waals surface area contributed by atoms with E-state index in [4.69, 9.17) is 9.47 Å². The minimum Gasteiger partial charge on any atom is -0.479 e. The Labute approximate surface area is 230 Å². The second kappa shape index (κ2) is 13.5. The molecule has 40 heavy (non-hydrogen) atoms. The number of ether oxygens (including phenoxy) is 2. The van der Waals surface area contributed by atoms with E-state index < -0.39 is 83.2 Å². The van der Waals surface area contributed by atoms with Crippen LogP contribution in [-0.4, -0.2) is 41.7 Å². The van der Waals surface area contributed by atoms with Crippen molar-refractivity contribution in [1.82, 2.24) is 5.32 Å². The van der Waals surface area contributed by atoms with E-state index in [0.717, 1.165) is 0 Å². The number of nitrogens with one attached hydrogen (secondary N) is 1. The highest BCUT2D eigenvalue weighted by Crippen LogP contribution is 2.27. The van der Waals surface area contributed by atoms with E-state index in [1.165, 1.54) is 0 Å². The summed E-state index contributed by atoms with van der Waals surface area (Å²) in [5, 5.41) is 2.43. The van der Waals surface area contributed by atoms with Gasteiger partial charge in [0.2, 0.25) is 17.5 Å². The standard InChI is InChI=1S/C29H33F4NO6/c1-15(2)23(16(3)26(37)17-10-8-7-9-11-17)28(38)34-20(13-22(36)40-29(4,5)6)21(35)14-39-27-24(32)18(30)12-19(31)25(27)33/h7-12,15-16,20,23H,13-14H2,1-6H3,(H,34,38)/t16?,20-,23+/m0/s1. The molecule has 11 heteroatoms. The molecule has 2 aromatic rings. The summed E-state index contributed by atoms with van der Waals surface area (Å²) in [7, 11) is 0. The fraction of sp³-hybridized carbons (Fsp3) is 0.448. The van der Waals surface area contributed by atoms with Gasteiger partial charge < -0.3 is 14.8 Å². The minimum absolute atomic E-state index is 0.0190. The summed E-state index contributed by atoms with van der Waals surface area (Å²) >= 11 is 0. The summed E-state index contributed by atoms with van der Waals surface area (Å²) in [5.74, 6) is -13.8. The lowest BCUT2D eigenvalue weighted by Crippen LogP contribution is -2.49. The van der Waals surface area contributed by atoms with E-state index in [2.05, 4.69) is 5.32 Å². The molecule has 0 spiro atoms. The van der Waals surface area contributed by atoms with Gasteiger partial charge >= 0.3 is 5.97 Å². The maximum absolute atomic E-state index is 14.0. The second-order valence-corrected chi connectivity index (χ2v) is 10.7. The Morgan fingerprint density at radius 2 is 1.45 bits per heavy atom. The van der Waals surface area contributed by atoms with Crippen LogP contribution >= 0.6 is 0 Å². The Kier molecular flexibility index (Phi) is 11.0. The van der Waals surface area contributed by atoms with E-state index in [1.807, 2.05) is 0 Å². The molecule has 0 fully saturated rings. The van der Waals surface area contributed by atoms with Gasteiger partial charge in [0.1, 0.15) is 18.2 Å². The average molecular weight is 568 g/mol. The van der Waals surface area contributed by atoms with Crippen molar-refractivity contribution in [3.8, 4) is 5.75 Å². The predicted octanol–water partition coefficient (Wildman–Crippen LogP) is 5.20. The molecule has 7 nitrogen and oxygen atoms in total. The lowest BCUT2D eigenvalue weighted by atomic mass is 9.79. The first-order valence-corrected chi connectivity index (χ1v) is 12.6. The van der Waals surface area contributed by atoms with Gasteiger partial charge in [-0.1, -0.05) is 51.1 Å². The summed E-state index contributed by atoms with van der Waals surface area (Å²) in [4.78, 5) is 52.0. The van der Waals surface area contributed by atoms with Crippen LogP contribution in [0.3, 0.4) is 0 Å². The zero-order valence-electron chi connectivity index (χ0n) is 23.1. The molecule has 1 unspecified atom stereocenters. The Morgan fingerprint density at radius 1 is 0.900 bits per heavy atom. The van der Waals surface area contributed by atoms with E-state index in [0.29, 0.717) is 5.56 Å². The molecule has 2 aromatic carbocycles. The Morgan fingerprint density at radius 3 is 1.95 bits per heavy atom. The van der Waals surface area contributed by atoms with Crippen molar-refractivity contribution in [3.05, 3.63) is 65.2 Å². The lowest BCUT2D eigenvalue weighted by molar-refractivity contribution is -0.156. The number of Topliss-reactive ketones (excluding diaryl/α,β-unsaturated/α-hetero) is 2. The molecule has 0 aromatic heterocycles. The lowest BCUT2D eigenvalue weighted by Gasteiger charge is -2.28. The molecule has 0 aliphatic heterocycles. The maximum Gasteiger partial charge on any atom is 0.308 e. The first kappa shape index (κ1) is 32.5. The molecule has 0 bridgehead atoms. The number of rotatable bonds is 12. The van der Waals surface area contributed by atoms with Crippen molar-refractivity contribution < 1.29 is 46.2 Å². The van der Waals surface area contributed by atoms with Gasteiger partial charge in [0.15, 0.2) is 29.0 Å². The number of carbonyl (C=O) groups excluding carboxylic acids is 4. The van der Waals surface area contributed by atoms with Gasteiger partial charge in [0.25, 0.3) is 0 Å². The van der Waals surface area contributed by atoms with Crippen LogP contribution in [0.1, 0.15) is 58.3 Å². The van der Waals surface area contributed by atoms with E-state index in [9.17, 15) is 36.7 Å². The van der Waals surface area contributed by atoms with Crippen molar-refractivity contribution in [2.24, 2.45) is 17.8 Å². The Hall–Kier alpha value is -3.76. The monoisotopic (exact) mass is 567 g/mol. The number of esters is 1. The van der Waals surface area contributed by atoms with Crippen LogP contribution in [0.15, 0.2) is 36.4 Å². The van der Waals surface area contributed by atoms with Crippen molar-refractivity contribution in [2.45, 2.75) is 59.6 Å². The summed E-state index contributed by atoms with van der Waals surface area (Å²) in [6.07, 6.45) is -0.681. The number of ketones is 2. The molecule has 1 amide bonds. The third-order valence-electron chi connectivity index (χ3n) is 5.96. The molecule has 1 N–H and O–H groups in total. The van der Waals surface area contributed by atoms with Crippen molar-refractivity contribution in [2.75, 3.05) is 6.61 Å². The summed E-state index contributed by atoms with van der Waals surface area (Å²) < 4.78 is 65.1. The molecule has 0 aliphatic carbocycles. The molecule has 0 radical (unpaired) electrons. The predicted molar refractivity (Wildman–Crippen MR) is 137 cm³/mol. The van der Waals surface area contributed by atoms with Gasteiger partial charge in [0, 0.05) is 17.5 Å². The molecule has 0 saturated carbocycles. The Bertz CT molecular complexity index is 1220. The van der Waals surface area contributed by atoms with Crippen LogP contribution < -0.4 is 10.1 Å². The summed E-state index contributed by atoms with van der Waals surface area (Å²) in [5.41, 5.74) is -0.553. The first-order chi connectivity index (χ1) is 18.5. The highest BCUT2D eigenvalue weighted by Gasteiger charge is 2.36. The van der Waals surface area contributed by atoms with Gasteiger partial charge in [-0.15, -0.1) is 0 Å². The zero-order valence-corrected chi connectivity index (χ0v) is 23.1. The third kappa shape index (κ3) is 8.62. The van der Waals surface area contributed by atoms with Crippen LogP contribution in [-0.2, 0) is 19.1 Å². The largest absolute Gasteiger partial charge is 0.479 e. The normalized spacial score (nSPS) is 13.8. The molecule has 0 heterocycles. The molecule has 0 saturated heterocycles. The van der Waals surface area contributed by atoms with E-state index >= 15 is 0 Å². The maximum atomic E-state index is 14.0. The first-order valence-electron chi connectivity index (χ1n) is 12.6. The quantitative estimate of drug-likeness (QED) is 0.164. The van der Waals surface area contributed by atoms with Gasteiger partial charge in [-0.2, -0.15) is 8.78 Å². The molecule has 3 atom stereocenters. The molecular formula is C29H33F4NO6. The van der Waals surface area contributed by atoms with Gasteiger partial charge in [0.05, 0.1) is 12.3 Å². The van der Waals surface area contributed by atoms with Crippen LogP contribution in [0, 0.1) is 41.0 Å². The fourth-order valence-corrected chi connectivity index (χ4v) is 4.12. The van der Waals surface area contributed by atoms with Crippen molar-refractivity contribution in [3.63, 3.8) is 0 Å². The second-order valence-electron chi connectivity index (χ2n) is 10.7. The van der Waals surface area contributed by atoms with Gasteiger partial charge in [-0.3, -0.25) is 19.2 Å². The van der Waals surface area contributed by atoms with Crippen LogP contribution in [0.4, 0.5) is 17.6 Å². The van der Waals surface area contributed by atoms with E-state index in [1.54, 1.807) is 71.9 Å². The van der Waals surface area contributed by atoms with Crippen LogP contribution in [0.5, 0.6) is 5.75 Å². The number of hydrogen-bond donors (Lipinski definition) is 1. The molecule has 0 aliphatic rings. The molecule has 218 valence electrons. The number of amides is 1. The van der Waals surface area contributed by atoms with Crippen molar-refractivity contribution in [1.29, 1.82) is 0 Å². The van der Waals surface area contributed by atoms with Gasteiger partial charge in [-0.25, -0.2) is 8.78 Å². The zero-order chi connectivity index (χ0) is 30.4. The summed E-state index contributed by atoms with van der Waals surface area (Å²) in [6.45, 7) is 8.58. The van der Waals surface area contributed by atoms with Crippen molar-refractivity contribution >= 4 is 23.4 Å². The Balaban J connectivity index is 2.31.